The third-order valence-electron chi connectivity index (χ3n) is 5.68. The predicted molar refractivity (Wildman–Crippen MR) is 118 cm³/mol. The topological polar surface area (TPSA) is 92.3 Å². The number of rotatable bonds is 7. The van der Waals surface area contributed by atoms with E-state index in [4.69, 9.17) is 0 Å². The molecule has 1 aromatic carbocycles. The maximum Gasteiger partial charge on any atom is 0.286 e. The molecule has 0 spiro atoms. The number of thioether (sulfide) groups is 2. The molecule has 2 fully saturated rings. The minimum absolute atomic E-state index is 0.281. The number of allylic oxidation sites excluding steroid dienone is 4. The SMILES string of the molecule is O=C1NC(=O)C(CC2(CC3SC(=O)NC3=O)C=CC(CCc3ccccc3)=CC2)S1. The molecular formula is C22H22N2O4S2. The molecule has 2 atom stereocenters. The fraction of sp³-hybridized carbons (Fsp3) is 0.364. The van der Waals surface area contributed by atoms with Crippen LogP contribution in [0.4, 0.5) is 9.59 Å². The summed E-state index contributed by atoms with van der Waals surface area (Å²) in [6.07, 6.45) is 9.75. The second-order valence-electron chi connectivity index (χ2n) is 7.84. The largest absolute Gasteiger partial charge is 0.286 e. The Balaban J connectivity index is 1.47. The number of carbonyl (C=O) groups excluding carboxylic acids is 4. The summed E-state index contributed by atoms with van der Waals surface area (Å²) in [5.74, 6) is -0.563. The second kappa shape index (κ2) is 8.81. The van der Waals surface area contributed by atoms with Crippen molar-refractivity contribution in [2.75, 3.05) is 0 Å². The molecule has 1 aromatic rings. The number of carbonyl (C=O) groups is 4. The fourth-order valence-corrected chi connectivity index (χ4v) is 6.05. The molecule has 156 valence electrons. The van der Waals surface area contributed by atoms with Crippen LogP contribution in [-0.2, 0) is 16.0 Å². The Morgan fingerprint density at radius 2 is 1.47 bits per heavy atom. The van der Waals surface area contributed by atoms with E-state index in [1.54, 1.807) is 0 Å². The first-order chi connectivity index (χ1) is 14.4. The first-order valence-electron chi connectivity index (χ1n) is 9.88. The predicted octanol–water partition coefficient (Wildman–Crippen LogP) is 3.98. The molecule has 2 heterocycles. The zero-order chi connectivity index (χ0) is 21.1. The summed E-state index contributed by atoms with van der Waals surface area (Å²) in [6.45, 7) is 0. The summed E-state index contributed by atoms with van der Waals surface area (Å²) in [6, 6.07) is 10.3. The van der Waals surface area contributed by atoms with Gasteiger partial charge >= 0.3 is 0 Å². The average molecular weight is 443 g/mol. The molecule has 0 radical (unpaired) electrons. The van der Waals surface area contributed by atoms with Crippen LogP contribution in [-0.4, -0.2) is 32.8 Å². The molecule has 1 aliphatic carbocycles. The van der Waals surface area contributed by atoms with Crippen molar-refractivity contribution in [3.05, 3.63) is 59.7 Å². The summed E-state index contributed by atoms with van der Waals surface area (Å²) in [5.41, 5.74) is 2.04. The van der Waals surface area contributed by atoms with Crippen LogP contribution in [0.15, 0.2) is 54.1 Å². The van der Waals surface area contributed by atoms with Gasteiger partial charge in [0.25, 0.3) is 10.5 Å². The molecule has 0 bridgehead atoms. The highest BCUT2D eigenvalue weighted by Crippen LogP contribution is 2.45. The first-order valence-corrected chi connectivity index (χ1v) is 11.6. The Bertz CT molecular complexity index is 904. The van der Waals surface area contributed by atoms with Gasteiger partial charge in [-0.25, -0.2) is 0 Å². The van der Waals surface area contributed by atoms with Crippen LogP contribution in [0.2, 0.25) is 0 Å². The van der Waals surface area contributed by atoms with Gasteiger partial charge in [0.1, 0.15) is 0 Å². The lowest BCUT2D eigenvalue weighted by molar-refractivity contribution is -0.119. The van der Waals surface area contributed by atoms with Crippen molar-refractivity contribution in [3.8, 4) is 0 Å². The number of amides is 4. The van der Waals surface area contributed by atoms with Gasteiger partial charge in [0.05, 0.1) is 10.5 Å². The molecule has 30 heavy (non-hydrogen) atoms. The Morgan fingerprint density at radius 1 is 0.867 bits per heavy atom. The van der Waals surface area contributed by atoms with Crippen molar-refractivity contribution in [2.45, 2.75) is 42.6 Å². The summed E-state index contributed by atoms with van der Waals surface area (Å²) in [4.78, 5) is 47.5. The number of benzene rings is 1. The summed E-state index contributed by atoms with van der Waals surface area (Å²) >= 11 is 2.01. The Labute approximate surface area is 183 Å². The smallest absolute Gasteiger partial charge is 0.286 e. The minimum Gasteiger partial charge on any atom is -0.286 e. The molecule has 6 nitrogen and oxygen atoms in total. The van der Waals surface area contributed by atoms with Gasteiger partial charge in [-0.05, 0) is 43.1 Å². The molecule has 8 heteroatoms. The molecule has 2 saturated heterocycles. The van der Waals surface area contributed by atoms with Crippen LogP contribution in [0.3, 0.4) is 0 Å². The Morgan fingerprint density at radius 3 is 1.93 bits per heavy atom. The third-order valence-corrected chi connectivity index (χ3v) is 7.65. The lowest BCUT2D eigenvalue weighted by Crippen LogP contribution is -2.35. The van der Waals surface area contributed by atoms with E-state index in [0.29, 0.717) is 19.3 Å². The van der Waals surface area contributed by atoms with Crippen LogP contribution in [0, 0.1) is 5.41 Å². The number of nitrogens with one attached hydrogen (secondary N) is 2. The molecule has 3 aliphatic rings. The highest BCUT2D eigenvalue weighted by Gasteiger charge is 2.44. The van der Waals surface area contributed by atoms with Crippen LogP contribution in [0.25, 0.3) is 0 Å². The second-order valence-corrected chi connectivity index (χ2v) is 10.2. The van der Waals surface area contributed by atoms with Crippen molar-refractivity contribution in [2.24, 2.45) is 5.41 Å². The average Bonchev–Trinajstić information content (AvgIpc) is 3.21. The van der Waals surface area contributed by atoms with Gasteiger partial charge in [-0.1, -0.05) is 77.7 Å². The molecule has 4 rings (SSSR count). The zero-order valence-corrected chi connectivity index (χ0v) is 17.9. The highest BCUT2D eigenvalue weighted by molar-refractivity contribution is 8.15. The molecule has 4 amide bonds. The third kappa shape index (κ3) is 4.87. The Hall–Kier alpha value is -2.32. The van der Waals surface area contributed by atoms with Crippen molar-refractivity contribution < 1.29 is 19.2 Å². The van der Waals surface area contributed by atoms with E-state index in [9.17, 15) is 19.2 Å². The molecule has 0 aromatic heterocycles. The lowest BCUT2D eigenvalue weighted by atomic mass is 9.72. The van der Waals surface area contributed by atoms with Crippen LogP contribution in [0.5, 0.6) is 0 Å². The van der Waals surface area contributed by atoms with E-state index < -0.39 is 15.9 Å². The van der Waals surface area contributed by atoms with Crippen molar-refractivity contribution in [3.63, 3.8) is 0 Å². The van der Waals surface area contributed by atoms with Gasteiger partial charge in [0.2, 0.25) is 11.8 Å². The van der Waals surface area contributed by atoms with Crippen molar-refractivity contribution in [1.29, 1.82) is 0 Å². The van der Waals surface area contributed by atoms with E-state index in [1.165, 1.54) is 11.1 Å². The maximum atomic E-state index is 12.1. The van der Waals surface area contributed by atoms with Gasteiger partial charge in [0.15, 0.2) is 0 Å². The fourth-order valence-electron chi connectivity index (χ4n) is 4.05. The molecule has 0 saturated carbocycles. The van der Waals surface area contributed by atoms with Crippen molar-refractivity contribution in [1.82, 2.24) is 10.6 Å². The maximum absolute atomic E-state index is 12.1. The van der Waals surface area contributed by atoms with Gasteiger partial charge < -0.3 is 0 Å². The number of hydrogen-bond donors (Lipinski definition) is 2. The highest BCUT2D eigenvalue weighted by atomic mass is 32.2. The summed E-state index contributed by atoms with van der Waals surface area (Å²) < 4.78 is 0. The quantitative estimate of drug-likeness (QED) is 0.664. The molecule has 2 unspecified atom stereocenters. The van der Waals surface area contributed by atoms with Crippen LogP contribution >= 0.6 is 23.5 Å². The van der Waals surface area contributed by atoms with Crippen LogP contribution in [0.1, 0.15) is 31.2 Å². The molecule has 2 N–H and O–H groups in total. The zero-order valence-electron chi connectivity index (χ0n) is 16.3. The molecule has 2 aliphatic heterocycles. The molecular weight excluding hydrogens is 420 g/mol. The van der Waals surface area contributed by atoms with E-state index >= 15 is 0 Å². The van der Waals surface area contributed by atoms with Gasteiger partial charge in [-0.15, -0.1) is 0 Å². The van der Waals surface area contributed by atoms with Gasteiger partial charge in [-0.3, -0.25) is 29.8 Å². The van der Waals surface area contributed by atoms with E-state index in [2.05, 4.69) is 41.0 Å². The van der Waals surface area contributed by atoms with Gasteiger partial charge in [-0.2, -0.15) is 0 Å². The number of aryl methyl sites for hydroxylation is 1. The standard InChI is InChI=1S/C22H22N2O4S2/c25-18-16(29-20(27)23-18)12-22(13-17-19(26)24-21(28)30-17)10-8-15(9-11-22)7-6-14-4-2-1-3-5-14/h1-5,8-10,16-17H,6-7,11-13H2,(H,23,25,27)(H,24,26,28). The van der Waals surface area contributed by atoms with Crippen LogP contribution < -0.4 is 10.6 Å². The normalized spacial score (nSPS) is 28.5. The van der Waals surface area contributed by atoms with E-state index in [0.717, 1.165) is 36.4 Å². The number of imide groups is 2. The van der Waals surface area contributed by atoms with E-state index in [-0.39, 0.29) is 22.3 Å². The summed E-state index contributed by atoms with van der Waals surface area (Å²) in [5, 5.41) is 3.05. The first kappa shape index (κ1) is 20.9. The van der Waals surface area contributed by atoms with Gasteiger partial charge in [0, 0.05) is 0 Å². The minimum atomic E-state index is -0.480. The Kier molecular flexibility index (Phi) is 6.15. The van der Waals surface area contributed by atoms with Crippen molar-refractivity contribution >= 4 is 45.8 Å². The van der Waals surface area contributed by atoms with E-state index in [1.807, 2.05) is 18.2 Å². The summed E-state index contributed by atoms with van der Waals surface area (Å²) in [7, 11) is 0. The monoisotopic (exact) mass is 442 g/mol. The number of hydrogen-bond acceptors (Lipinski definition) is 6. The lowest BCUT2D eigenvalue weighted by Gasteiger charge is -2.35.